The zero-order valence-corrected chi connectivity index (χ0v) is 7.12. The molecule has 0 radical (unpaired) electrons. The summed E-state index contributed by atoms with van der Waals surface area (Å²) in [7, 11) is 1.24. The highest BCUT2D eigenvalue weighted by atomic mass is 33.1. The highest BCUT2D eigenvalue weighted by molar-refractivity contribution is 8.74. The number of hydrogen-bond acceptors (Lipinski definition) is 4. The molecular weight excluding hydrogens is 154 g/mol. The van der Waals surface area contributed by atoms with E-state index in [2.05, 4.69) is 23.7 Å². The first-order valence-corrected chi connectivity index (χ1v) is 4.79. The Kier molecular flexibility index (Phi) is 8.32. The largest absolute Gasteiger partial charge is 0.395 e. The van der Waals surface area contributed by atoms with E-state index in [0.29, 0.717) is 6.61 Å². The molecule has 0 aliphatic heterocycles. The molecule has 0 rings (SSSR count). The number of nitrogens with zero attached hydrogens (tertiary/aromatic N) is 1. The molecule has 0 unspecified atom stereocenters. The first kappa shape index (κ1) is 9.17. The molecule has 0 heterocycles. The van der Waals surface area contributed by atoms with E-state index >= 15 is 0 Å². The lowest BCUT2D eigenvalue weighted by Crippen LogP contribution is -1.84. The second-order valence-corrected chi connectivity index (χ2v) is 2.56. The van der Waals surface area contributed by atoms with Gasteiger partial charge in [0.2, 0.25) is 0 Å². The van der Waals surface area contributed by atoms with Crippen LogP contribution in [0.1, 0.15) is 19.8 Å². The Balaban J connectivity index is 2.82. The molecule has 4 heteroatoms. The number of oxime groups is 1. The van der Waals surface area contributed by atoms with E-state index in [-0.39, 0.29) is 0 Å². The average molecular weight is 165 g/mol. The van der Waals surface area contributed by atoms with Crippen molar-refractivity contribution in [2.75, 3.05) is 6.61 Å². The van der Waals surface area contributed by atoms with Crippen LogP contribution in [-0.2, 0) is 4.84 Å². The van der Waals surface area contributed by atoms with Gasteiger partial charge in [-0.15, -0.1) is 11.7 Å². The summed E-state index contributed by atoms with van der Waals surface area (Å²) in [6, 6.07) is 0. The highest BCUT2D eigenvalue weighted by Gasteiger charge is 1.79. The van der Waals surface area contributed by atoms with Crippen LogP contribution in [-0.4, -0.2) is 12.2 Å². The van der Waals surface area contributed by atoms with Crippen LogP contribution in [0.15, 0.2) is 5.16 Å². The Hall–Kier alpha value is 0.170. The Morgan fingerprint density at radius 1 is 1.78 bits per heavy atom. The third-order valence-corrected chi connectivity index (χ3v) is 1.22. The summed E-state index contributed by atoms with van der Waals surface area (Å²) in [5.41, 5.74) is 1.55. The zero-order valence-electron chi connectivity index (χ0n) is 5.41. The van der Waals surface area contributed by atoms with E-state index in [9.17, 15) is 0 Å². The first-order valence-electron chi connectivity index (χ1n) is 2.85. The van der Waals surface area contributed by atoms with Gasteiger partial charge in [-0.3, -0.25) is 0 Å². The van der Waals surface area contributed by atoms with Gasteiger partial charge in [0.25, 0.3) is 0 Å². The maximum absolute atomic E-state index is 4.81. The van der Waals surface area contributed by atoms with Crippen LogP contribution in [0.5, 0.6) is 0 Å². The molecule has 2 nitrogen and oxygen atoms in total. The topological polar surface area (TPSA) is 21.6 Å². The number of unbranched alkanes of at least 4 members (excludes halogenated alkanes) is 1. The van der Waals surface area contributed by atoms with E-state index in [1.807, 2.05) is 0 Å². The Morgan fingerprint density at radius 3 is 3.11 bits per heavy atom. The van der Waals surface area contributed by atoms with E-state index in [0.717, 1.165) is 12.8 Å². The average Bonchev–Trinajstić information content (AvgIpc) is 1.89. The fourth-order valence-electron chi connectivity index (χ4n) is 0.311. The lowest BCUT2D eigenvalue weighted by atomic mass is 10.4. The van der Waals surface area contributed by atoms with Gasteiger partial charge in [0.15, 0.2) is 0 Å². The van der Waals surface area contributed by atoms with Crippen molar-refractivity contribution in [3.8, 4) is 0 Å². The van der Waals surface area contributed by atoms with Gasteiger partial charge < -0.3 is 4.84 Å². The van der Waals surface area contributed by atoms with Gasteiger partial charge >= 0.3 is 0 Å². The summed E-state index contributed by atoms with van der Waals surface area (Å²) in [6.07, 6.45) is 2.21. The minimum atomic E-state index is 0.710. The maximum Gasteiger partial charge on any atom is 0.117 e. The van der Waals surface area contributed by atoms with Crippen molar-refractivity contribution in [1.82, 2.24) is 0 Å². The zero-order chi connectivity index (χ0) is 6.95. The van der Waals surface area contributed by atoms with E-state index in [4.69, 9.17) is 4.84 Å². The molecule has 0 amide bonds. The van der Waals surface area contributed by atoms with Crippen LogP contribution < -0.4 is 0 Å². The minimum absolute atomic E-state index is 0.710. The lowest BCUT2D eigenvalue weighted by Gasteiger charge is -1.93. The van der Waals surface area contributed by atoms with Crippen LogP contribution >= 0.6 is 22.5 Å². The molecule has 54 valence electrons. The molecule has 0 aromatic carbocycles. The quantitative estimate of drug-likeness (QED) is 0.169. The Morgan fingerprint density at radius 2 is 2.56 bits per heavy atom. The summed E-state index contributed by atoms with van der Waals surface area (Å²) < 4.78 is 0. The van der Waals surface area contributed by atoms with Crippen molar-refractivity contribution in [3.05, 3.63) is 0 Å². The van der Waals surface area contributed by atoms with Crippen molar-refractivity contribution < 1.29 is 4.84 Å². The number of thiol groups is 1. The summed E-state index contributed by atoms with van der Waals surface area (Å²) in [5, 5.41) is 3.59. The van der Waals surface area contributed by atoms with Gasteiger partial charge in [-0.05, 0) is 17.2 Å². The van der Waals surface area contributed by atoms with Crippen molar-refractivity contribution in [3.63, 3.8) is 0 Å². The minimum Gasteiger partial charge on any atom is -0.395 e. The molecule has 0 saturated carbocycles. The molecule has 0 saturated heterocycles. The molecule has 9 heavy (non-hydrogen) atoms. The molecule has 0 bridgehead atoms. The normalized spacial score (nSPS) is 10.4. The molecule has 0 aliphatic carbocycles. The van der Waals surface area contributed by atoms with Crippen molar-refractivity contribution in [1.29, 1.82) is 0 Å². The van der Waals surface area contributed by atoms with Gasteiger partial charge in [-0.1, -0.05) is 18.5 Å². The van der Waals surface area contributed by atoms with Crippen LogP contribution in [0.25, 0.3) is 0 Å². The maximum atomic E-state index is 4.81. The van der Waals surface area contributed by atoms with E-state index < -0.39 is 0 Å². The Bertz CT molecular complexity index is 77.4. The number of hydrogen-bond donors (Lipinski definition) is 1. The predicted octanol–water partition coefficient (Wildman–Crippen LogP) is 2.32. The van der Waals surface area contributed by atoms with Crippen LogP contribution in [0, 0.1) is 0 Å². The van der Waals surface area contributed by atoms with Crippen LogP contribution in [0.3, 0.4) is 0 Å². The van der Waals surface area contributed by atoms with Gasteiger partial charge in [-0.25, -0.2) is 0 Å². The second-order valence-electron chi connectivity index (χ2n) is 1.50. The summed E-state index contributed by atoms with van der Waals surface area (Å²) in [5.74, 6) is 0. The van der Waals surface area contributed by atoms with Gasteiger partial charge in [-0.2, -0.15) is 0 Å². The van der Waals surface area contributed by atoms with E-state index in [1.165, 1.54) is 10.8 Å². The highest BCUT2D eigenvalue weighted by Crippen LogP contribution is 1.98. The fourth-order valence-corrected chi connectivity index (χ4v) is 0.526. The standard InChI is InChI=1S/C5H11NOS2/c1-2-3-4-7-6-5-9-8/h5,8H,2-4H2,1H3/b6-5+. The predicted molar refractivity (Wildman–Crippen MR) is 45.9 cm³/mol. The smallest absolute Gasteiger partial charge is 0.117 e. The summed E-state index contributed by atoms with van der Waals surface area (Å²) in [4.78, 5) is 4.81. The molecule has 0 N–H and O–H groups in total. The fraction of sp³-hybridized carbons (Fsp3) is 0.800. The molecule has 0 atom stereocenters. The van der Waals surface area contributed by atoms with Gasteiger partial charge in [0.05, 0.1) is 0 Å². The second kappa shape index (κ2) is 8.17. The molecular formula is C5H11NOS2. The monoisotopic (exact) mass is 165 g/mol. The molecule has 0 aromatic rings. The summed E-state index contributed by atoms with van der Waals surface area (Å²) in [6.45, 7) is 2.82. The lowest BCUT2D eigenvalue weighted by molar-refractivity contribution is 0.143. The molecule has 0 fully saturated rings. The van der Waals surface area contributed by atoms with Crippen molar-refractivity contribution in [2.45, 2.75) is 19.8 Å². The first-order chi connectivity index (χ1) is 4.41. The van der Waals surface area contributed by atoms with Gasteiger partial charge in [0.1, 0.15) is 12.2 Å². The summed E-state index contributed by atoms with van der Waals surface area (Å²) >= 11 is 3.83. The third-order valence-electron chi connectivity index (χ3n) is 0.754. The molecule has 0 aromatic heterocycles. The van der Waals surface area contributed by atoms with Crippen molar-refractivity contribution >= 4 is 28.0 Å². The Labute approximate surface area is 64.8 Å². The van der Waals surface area contributed by atoms with Gasteiger partial charge in [0, 0.05) is 0 Å². The molecule has 0 spiro atoms. The SMILES string of the molecule is CCCCO/N=C/SS. The molecule has 0 aliphatic rings. The van der Waals surface area contributed by atoms with E-state index in [1.54, 1.807) is 5.55 Å². The van der Waals surface area contributed by atoms with Crippen LogP contribution in [0.4, 0.5) is 0 Å². The third kappa shape index (κ3) is 8.17. The number of rotatable bonds is 5. The van der Waals surface area contributed by atoms with Crippen LogP contribution in [0.2, 0.25) is 0 Å². The van der Waals surface area contributed by atoms with Crippen molar-refractivity contribution in [2.24, 2.45) is 5.16 Å².